The van der Waals surface area contributed by atoms with E-state index < -0.39 is 35.7 Å². The van der Waals surface area contributed by atoms with E-state index in [0.717, 1.165) is 10.0 Å². The fourth-order valence-electron chi connectivity index (χ4n) is 2.85. The maximum absolute atomic E-state index is 14.0. The first kappa shape index (κ1) is 22.5. The Kier molecular flexibility index (Phi) is 8.33. The van der Waals surface area contributed by atoms with Crippen LogP contribution < -0.4 is 10.6 Å². The van der Waals surface area contributed by atoms with Gasteiger partial charge >= 0.3 is 5.97 Å². The SMILES string of the molecule is COC(=O)[C@H](Cc1cccc(Br)c1)NC(=O)[C@H](Cc1ccccc1F)NC(C)=O. The Morgan fingerprint density at radius 1 is 1.03 bits per heavy atom. The third kappa shape index (κ3) is 6.98. The molecule has 0 saturated heterocycles. The summed E-state index contributed by atoms with van der Waals surface area (Å²) in [5, 5.41) is 5.13. The number of hydrogen-bond acceptors (Lipinski definition) is 4. The van der Waals surface area contributed by atoms with Crippen LogP contribution in [0.2, 0.25) is 0 Å². The summed E-state index contributed by atoms with van der Waals surface area (Å²) in [6.45, 7) is 1.26. The fourth-order valence-corrected chi connectivity index (χ4v) is 3.29. The largest absolute Gasteiger partial charge is 0.467 e. The highest BCUT2D eigenvalue weighted by atomic mass is 79.9. The highest BCUT2D eigenvalue weighted by Crippen LogP contribution is 2.14. The van der Waals surface area contributed by atoms with Crippen LogP contribution in [-0.4, -0.2) is 37.0 Å². The molecule has 2 N–H and O–H groups in total. The number of esters is 1. The first-order chi connectivity index (χ1) is 13.8. The lowest BCUT2D eigenvalue weighted by molar-refractivity contribution is -0.145. The van der Waals surface area contributed by atoms with Crippen LogP contribution in [0.1, 0.15) is 18.1 Å². The van der Waals surface area contributed by atoms with Gasteiger partial charge in [-0.2, -0.15) is 0 Å². The van der Waals surface area contributed by atoms with E-state index in [1.807, 2.05) is 24.3 Å². The molecule has 0 fully saturated rings. The Hall–Kier alpha value is -2.74. The van der Waals surface area contributed by atoms with Crippen molar-refractivity contribution in [2.24, 2.45) is 0 Å². The summed E-state index contributed by atoms with van der Waals surface area (Å²) in [6, 6.07) is 11.3. The van der Waals surface area contributed by atoms with Gasteiger partial charge in [0.1, 0.15) is 17.9 Å². The molecule has 0 bridgehead atoms. The molecule has 2 amide bonds. The Morgan fingerprint density at radius 2 is 1.76 bits per heavy atom. The highest BCUT2D eigenvalue weighted by Gasteiger charge is 2.27. The molecule has 6 nitrogen and oxygen atoms in total. The Labute approximate surface area is 177 Å². The molecule has 2 rings (SSSR count). The number of carbonyl (C=O) groups is 3. The van der Waals surface area contributed by atoms with Crippen LogP contribution in [0.5, 0.6) is 0 Å². The number of ether oxygens (including phenoxy) is 1. The molecule has 8 heteroatoms. The Balaban J connectivity index is 2.19. The van der Waals surface area contributed by atoms with Gasteiger partial charge in [-0.25, -0.2) is 9.18 Å². The van der Waals surface area contributed by atoms with Gasteiger partial charge in [0.2, 0.25) is 11.8 Å². The van der Waals surface area contributed by atoms with Crippen LogP contribution >= 0.6 is 15.9 Å². The Bertz CT molecular complexity index is 890. The molecular weight excluding hydrogens is 443 g/mol. The van der Waals surface area contributed by atoms with Crippen molar-refractivity contribution >= 4 is 33.7 Å². The van der Waals surface area contributed by atoms with Crippen molar-refractivity contribution in [1.82, 2.24) is 10.6 Å². The molecular formula is C21H22BrFN2O4. The topological polar surface area (TPSA) is 84.5 Å². The van der Waals surface area contributed by atoms with Crippen molar-refractivity contribution in [2.45, 2.75) is 31.8 Å². The number of amides is 2. The Morgan fingerprint density at radius 3 is 2.38 bits per heavy atom. The minimum atomic E-state index is -1.04. The quantitative estimate of drug-likeness (QED) is 0.587. The van der Waals surface area contributed by atoms with E-state index in [2.05, 4.69) is 26.6 Å². The molecule has 29 heavy (non-hydrogen) atoms. The summed E-state index contributed by atoms with van der Waals surface area (Å²) in [5.74, 6) is -2.14. The van der Waals surface area contributed by atoms with Crippen molar-refractivity contribution in [3.05, 3.63) is 69.9 Å². The highest BCUT2D eigenvalue weighted by molar-refractivity contribution is 9.10. The summed E-state index contributed by atoms with van der Waals surface area (Å²) in [4.78, 5) is 36.6. The maximum atomic E-state index is 14.0. The molecule has 154 valence electrons. The van der Waals surface area contributed by atoms with Gasteiger partial charge in [-0.05, 0) is 29.3 Å². The third-order valence-corrected chi connectivity index (χ3v) is 4.70. The average Bonchev–Trinajstić information content (AvgIpc) is 2.67. The lowest BCUT2D eigenvalue weighted by Crippen LogP contribution is -2.53. The van der Waals surface area contributed by atoms with Crippen LogP contribution in [0, 0.1) is 5.82 Å². The van der Waals surface area contributed by atoms with E-state index in [1.54, 1.807) is 6.07 Å². The average molecular weight is 465 g/mol. The van der Waals surface area contributed by atoms with Gasteiger partial charge in [0.05, 0.1) is 7.11 Å². The van der Waals surface area contributed by atoms with E-state index >= 15 is 0 Å². The second kappa shape index (κ2) is 10.7. The molecule has 0 aliphatic carbocycles. The van der Waals surface area contributed by atoms with Gasteiger partial charge in [0.15, 0.2) is 0 Å². The van der Waals surface area contributed by atoms with E-state index in [1.165, 1.54) is 32.2 Å². The zero-order chi connectivity index (χ0) is 21.4. The number of benzene rings is 2. The first-order valence-corrected chi connectivity index (χ1v) is 9.72. The van der Waals surface area contributed by atoms with Crippen molar-refractivity contribution in [1.29, 1.82) is 0 Å². The molecule has 0 aliphatic rings. The maximum Gasteiger partial charge on any atom is 0.328 e. The standard InChI is InChI=1S/C21H22BrFN2O4/c1-13(26)24-18(12-15-7-3-4-9-17(15)23)20(27)25-19(21(28)29-2)11-14-6-5-8-16(22)10-14/h3-10,18-19H,11-12H2,1-2H3,(H,24,26)(H,25,27)/t18-,19-/m0/s1. The zero-order valence-corrected chi connectivity index (χ0v) is 17.7. The van der Waals surface area contributed by atoms with Gasteiger partial charge in [0.25, 0.3) is 0 Å². The van der Waals surface area contributed by atoms with Gasteiger partial charge in [-0.15, -0.1) is 0 Å². The van der Waals surface area contributed by atoms with Crippen LogP contribution in [0.15, 0.2) is 53.0 Å². The second-order valence-electron chi connectivity index (χ2n) is 6.47. The lowest BCUT2D eigenvalue weighted by Gasteiger charge is -2.22. The van der Waals surface area contributed by atoms with Gasteiger partial charge in [0, 0.05) is 24.2 Å². The number of halogens is 2. The molecule has 0 spiro atoms. The van der Waals surface area contributed by atoms with Crippen molar-refractivity contribution in [3.8, 4) is 0 Å². The number of hydrogen-bond donors (Lipinski definition) is 2. The summed E-state index contributed by atoms with van der Waals surface area (Å²) >= 11 is 3.36. The minimum Gasteiger partial charge on any atom is -0.467 e. The predicted molar refractivity (Wildman–Crippen MR) is 110 cm³/mol. The summed E-state index contributed by atoms with van der Waals surface area (Å²) < 4.78 is 19.6. The van der Waals surface area contributed by atoms with Gasteiger partial charge in [-0.3, -0.25) is 9.59 Å². The minimum absolute atomic E-state index is 0.0527. The van der Waals surface area contributed by atoms with E-state index in [9.17, 15) is 18.8 Å². The van der Waals surface area contributed by atoms with Crippen LogP contribution in [0.4, 0.5) is 4.39 Å². The van der Waals surface area contributed by atoms with Crippen LogP contribution in [-0.2, 0) is 32.0 Å². The number of nitrogens with one attached hydrogen (secondary N) is 2. The predicted octanol–water partition coefficient (Wildman–Crippen LogP) is 2.54. The molecule has 2 aromatic carbocycles. The molecule has 0 aliphatic heterocycles. The normalized spacial score (nSPS) is 12.6. The molecule has 0 saturated carbocycles. The van der Waals surface area contributed by atoms with Crippen molar-refractivity contribution in [3.63, 3.8) is 0 Å². The van der Waals surface area contributed by atoms with E-state index in [-0.39, 0.29) is 18.4 Å². The van der Waals surface area contributed by atoms with Crippen LogP contribution in [0.25, 0.3) is 0 Å². The summed E-state index contributed by atoms with van der Waals surface area (Å²) in [5.41, 5.74) is 1.09. The number of methoxy groups -OCH3 is 1. The number of carbonyl (C=O) groups excluding carboxylic acids is 3. The second-order valence-corrected chi connectivity index (χ2v) is 7.38. The lowest BCUT2D eigenvalue weighted by atomic mass is 10.0. The van der Waals surface area contributed by atoms with E-state index in [0.29, 0.717) is 0 Å². The third-order valence-electron chi connectivity index (χ3n) is 4.21. The van der Waals surface area contributed by atoms with E-state index in [4.69, 9.17) is 4.74 Å². The molecule has 2 aromatic rings. The van der Waals surface area contributed by atoms with Gasteiger partial charge in [-0.1, -0.05) is 46.3 Å². The molecule has 0 aromatic heterocycles. The number of rotatable bonds is 8. The zero-order valence-electron chi connectivity index (χ0n) is 16.1. The molecule has 2 atom stereocenters. The molecule has 0 radical (unpaired) electrons. The van der Waals surface area contributed by atoms with Gasteiger partial charge < -0.3 is 15.4 Å². The monoisotopic (exact) mass is 464 g/mol. The molecule has 0 heterocycles. The molecule has 0 unspecified atom stereocenters. The van der Waals surface area contributed by atoms with Crippen LogP contribution in [0.3, 0.4) is 0 Å². The summed E-state index contributed by atoms with van der Waals surface area (Å²) in [7, 11) is 1.23. The van der Waals surface area contributed by atoms with Crippen molar-refractivity contribution < 1.29 is 23.5 Å². The fraction of sp³-hybridized carbons (Fsp3) is 0.286. The smallest absolute Gasteiger partial charge is 0.328 e. The summed E-state index contributed by atoms with van der Waals surface area (Å²) in [6.07, 6.45) is 0.146. The van der Waals surface area contributed by atoms with Crippen molar-refractivity contribution in [2.75, 3.05) is 7.11 Å². The first-order valence-electron chi connectivity index (χ1n) is 8.93.